The second-order valence-electron chi connectivity index (χ2n) is 2.73. The van der Waals surface area contributed by atoms with Crippen LogP contribution in [-0.2, 0) is 0 Å². The van der Waals surface area contributed by atoms with Crippen LogP contribution in [0.15, 0.2) is 0 Å². The summed E-state index contributed by atoms with van der Waals surface area (Å²) in [5, 5.41) is 3.19. The van der Waals surface area contributed by atoms with E-state index in [-0.39, 0.29) is 0 Å². The average Bonchev–Trinajstić information content (AvgIpc) is 2.64. The van der Waals surface area contributed by atoms with Gasteiger partial charge in [0.25, 0.3) is 0 Å². The summed E-state index contributed by atoms with van der Waals surface area (Å²) in [6.45, 7) is 1.21. The summed E-state index contributed by atoms with van der Waals surface area (Å²) in [5.74, 6) is 5.31. The molecular formula is C8H17NS2. The Hall–Kier alpha value is 0.660. The fourth-order valence-corrected chi connectivity index (χ4v) is 2.79. The van der Waals surface area contributed by atoms with Gasteiger partial charge < -0.3 is 5.32 Å². The molecule has 0 spiro atoms. The van der Waals surface area contributed by atoms with Crippen LogP contribution in [0.1, 0.15) is 19.3 Å². The zero-order valence-corrected chi connectivity index (χ0v) is 8.61. The van der Waals surface area contributed by atoms with Crippen molar-refractivity contribution in [2.24, 2.45) is 0 Å². The van der Waals surface area contributed by atoms with E-state index >= 15 is 0 Å². The minimum atomic E-state index is 1.17. The maximum atomic E-state index is 3.19. The molecule has 1 N–H and O–H groups in total. The van der Waals surface area contributed by atoms with Crippen molar-refractivity contribution in [3.8, 4) is 0 Å². The van der Waals surface area contributed by atoms with Crippen LogP contribution in [-0.4, -0.2) is 29.7 Å². The molecule has 1 nitrogen and oxygen atoms in total. The number of hydrogen-bond acceptors (Lipinski definition) is 3. The van der Waals surface area contributed by atoms with Gasteiger partial charge in [-0.2, -0.15) is 11.8 Å². The van der Waals surface area contributed by atoms with Crippen molar-refractivity contribution in [2.75, 3.05) is 29.7 Å². The van der Waals surface area contributed by atoms with Gasteiger partial charge >= 0.3 is 0 Å². The topological polar surface area (TPSA) is 12.0 Å². The molecule has 2 fully saturated rings. The largest absolute Gasteiger partial charge is 0.307 e. The second kappa shape index (κ2) is 7.32. The van der Waals surface area contributed by atoms with Crippen LogP contribution in [0.5, 0.6) is 0 Å². The highest BCUT2D eigenvalue weighted by atomic mass is 32.2. The Balaban J connectivity index is 0.000000112. The SMILES string of the molecule is C1CCSCC1.C1CSCN1. The van der Waals surface area contributed by atoms with E-state index in [0.29, 0.717) is 0 Å². The van der Waals surface area contributed by atoms with Gasteiger partial charge in [-0.3, -0.25) is 0 Å². The van der Waals surface area contributed by atoms with Crippen LogP contribution in [0.4, 0.5) is 0 Å². The van der Waals surface area contributed by atoms with E-state index in [2.05, 4.69) is 17.1 Å². The van der Waals surface area contributed by atoms with Gasteiger partial charge in [-0.25, -0.2) is 0 Å². The lowest BCUT2D eigenvalue weighted by molar-refractivity contribution is 0.764. The van der Waals surface area contributed by atoms with Crippen LogP contribution < -0.4 is 5.32 Å². The van der Waals surface area contributed by atoms with E-state index in [1.165, 1.54) is 48.9 Å². The summed E-state index contributed by atoms with van der Waals surface area (Å²) >= 11 is 4.06. The van der Waals surface area contributed by atoms with Gasteiger partial charge in [-0.1, -0.05) is 6.42 Å². The highest BCUT2D eigenvalue weighted by Gasteiger charge is 1.95. The monoisotopic (exact) mass is 191 g/mol. The first-order chi connectivity index (χ1) is 5.50. The molecule has 11 heavy (non-hydrogen) atoms. The highest BCUT2D eigenvalue weighted by molar-refractivity contribution is 7.99. The normalized spacial score (nSPS) is 24.0. The number of hydrogen-bond donors (Lipinski definition) is 1. The first-order valence-corrected chi connectivity index (χ1v) is 6.67. The molecule has 0 amide bonds. The predicted molar refractivity (Wildman–Crippen MR) is 56.5 cm³/mol. The Labute approximate surface area is 78.1 Å². The number of thioether (sulfide) groups is 2. The van der Waals surface area contributed by atoms with Crippen LogP contribution in [0.25, 0.3) is 0 Å². The lowest BCUT2D eigenvalue weighted by atomic mass is 10.3. The molecule has 0 radical (unpaired) electrons. The molecule has 2 aliphatic rings. The summed E-state index contributed by atoms with van der Waals surface area (Å²) in [5.41, 5.74) is 0. The molecule has 0 atom stereocenters. The molecule has 0 aromatic heterocycles. The molecule has 0 aliphatic carbocycles. The molecule has 0 saturated carbocycles. The number of rotatable bonds is 0. The quantitative estimate of drug-likeness (QED) is 0.630. The van der Waals surface area contributed by atoms with Crippen molar-refractivity contribution >= 4 is 23.5 Å². The predicted octanol–water partition coefficient (Wildman–Crippen LogP) is 2.18. The summed E-state index contributed by atoms with van der Waals surface area (Å²) < 4.78 is 0. The first kappa shape index (κ1) is 9.75. The summed E-state index contributed by atoms with van der Waals surface area (Å²) in [6.07, 6.45) is 4.41. The standard InChI is InChI=1S/C5H10S.C3H7NS/c1-2-4-6-5-3-1;1-2-5-3-4-1/h1-5H2;4H,1-3H2. The van der Waals surface area contributed by atoms with Crippen LogP contribution in [0, 0.1) is 0 Å². The Kier molecular flexibility index (Phi) is 6.48. The van der Waals surface area contributed by atoms with E-state index in [0.717, 1.165) is 0 Å². The van der Waals surface area contributed by atoms with Crippen molar-refractivity contribution < 1.29 is 0 Å². The Morgan fingerprint density at radius 2 is 1.64 bits per heavy atom. The molecule has 2 saturated heterocycles. The van der Waals surface area contributed by atoms with Gasteiger partial charge in [0.1, 0.15) is 0 Å². The Morgan fingerprint density at radius 1 is 0.818 bits per heavy atom. The van der Waals surface area contributed by atoms with Crippen molar-refractivity contribution in [1.82, 2.24) is 5.32 Å². The fraction of sp³-hybridized carbons (Fsp3) is 1.00. The van der Waals surface area contributed by atoms with Gasteiger partial charge in [0, 0.05) is 18.2 Å². The molecule has 2 aliphatic heterocycles. The third-order valence-electron chi connectivity index (χ3n) is 1.70. The van der Waals surface area contributed by atoms with E-state index in [1.54, 1.807) is 0 Å². The van der Waals surface area contributed by atoms with Gasteiger partial charge in [-0.05, 0) is 24.3 Å². The van der Waals surface area contributed by atoms with E-state index in [1.807, 2.05) is 11.8 Å². The second-order valence-corrected chi connectivity index (χ2v) is 5.06. The van der Waals surface area contributed by atoms with Crippen LogP contribution in [0.2, 0.25) is 0 Å². The molecule has 0 aromatic rings. The Morgan fingerprint density at radius 3 is 1.82 bits per heavy atom. The van der Waals surface area contributed by atoms with Crippen molar-refractivity contribution in [2.45, 2.75) is 19.3 Å². The summed E-state index contributed by atoms with van der Waals surface area (Å²) in [4.78, 5) is 0. The minimum Gasteiger partial charge on any atom is -0.307 e. The maximum absolute atomic E-state index is 3.19. The number of nitrogens with one attached hydrogen (secondary N) is 1. The van der Waals surface area contributed by atoms with Gasteiger partial charge in [-0.15, -0.1) is 11.8 Å². The van der Waals surface area contributed by atoms with Gasteiger partial charge in [0.2, 0.25) is 0 Å². The zero-order chi connectivity index (χ0) is 7.78. The van der Waals surface area contributed by atoms with Crippen LogP contribution >= 0.6 is 23.5 Å². The summed E-state index contributed by atoms with van der Waals surface area (Å²) in [6, 6.07) is 0. The lowest BCUT2D eigenvalue weighted by Crippen LogP contribution is -2.04. The van der Waals surface area contributed by atoms with Gasteiger partial charge in [0.15, 0.2) is 0 Å². The fourth-order valence-electron chi connectivity index (χ4n) is 1.05. The van der Waals surface area contributed by atoms with Crippen molar-refractivity contribution in [1.29, 1.82) is 0 Å². The lowest BCUT2D eigenvalue weighted by Gasteiger charge is -2.05. The van der Waals surface area contributed by atoms with Crippen LogP contribution in [0.3, 0.4) is 0 Å². The van der Waals surface area contributed by atoms with Crippen molar-refractivity contribution in [3.63, 3.8) is 0 Å². The molecule has 2 heterocycles. The molecule has 0 bridgehead atoms. The maximum Gasteiger partial charge on any atom is 0.0418 e. The molecule has 0 aromatic carbocycles. The van der Waals surface area contributed by atoms with E-state index in [9.17, 15) is 0 Å². The smallest absolute Gasteiger partial charge is 0.0418 e. The molecule has 66 valence electrons. The van der Waals surface area contributed by atoms with Crippen molar-refractivity contribution in [3.05, 3.63) is 0 Å². The highest BCUT2D eigenvalue weighted by Crippen LogP contribution is 2.14. The third kappa shape index (κ3) is 5.88. The third-order valence-corrected chi connectivity index (χ3v) is 3.76. The first-order valence-electron chi connectivity index (χ1n) is 4.36. The van der Waals surface area contributed by atoms with Gasteiger partial charge in [0.05, 0.1) is 0 Å². The zero-order valence-electron chi connectivity index (χ0n) is 6.97. The Bertz CT molecular complexity index is 61.0. The summed E-state index contributed by atoms with van der Waals surface area (Å²) in [7, 11) is 0. The average molecular weight is 191 g/mol. The molecule has 0 unspecified atom stereocenters. The van der Waals surface area contributed by atoms with E-state index < -0.39 is 0 Å². The van der Waals surface area contributed by atoms with E-state index in [4.69, 9.17) is 0 Å². The molecular weight excluding hydrogens is 174 g/mol. The minimum absolute atomic E-state index is 1.17. The molecule has 2 rings (SSSR count). The molecule has 3 heteroatoms.